The van der Waals surface area contributed by atoms with Crippen molar-refractivity contribution in [3.05, 3.63) is 0 Å². The fourth-order valence-electron chi connectivity index (χ4n) is 1.35. The van der Waals surface area contributed by atoms with E-state index < -0.39 is 0 Å². The number of nitriles is 1. The fraction of sp³-hybridized carbons (Fsp3) is 0.750. The van der Waals surface area contributed by atoms with Gasteiger partial charge in [0.25, 0.3) is 0 Å². The molecule has 72 valence electrons. The lowest BCUT2D eigenvalue weighted by Gasteiger charge is -2.14. The Morgan fingerprint density at radius 1 is 1.69 bits per heavy atom. The van der Waals surface area contributed by atoms with Crippen LogP contribution < -0.4 is 10.6 Å². The van der Waals surface area contributed by atoms with E-state index in [4.69, 9.17) is 10.00 Å². The Morgan fingerprint density at radius 3 is 3.08 bits per heavy atom. The molecule has 0 bridgehead atoms. The van der Waals surface area contributed by atoms with Gasteiger partial charge < -0.3 is 15.4 Å². The molecule has 0 aliphatic carbocycles. The zero-order valence-corrected chi connectivity index (χ0v) is 7.54. The summed E-state index contributed by atoms with van der Waals surface area (Å²) in [6.45, 7) is 1.05. The van der Waals surface area contributed by atoms with Crippen LogP contribution in [0.3, 0.4) is 0 Å². The molecule has 0 radical (unpaired) electrons. The minimum absolute atomic E-state index is 0.0613. The van der Waals surface area contributed by atoms with Crippen LogP contribution in [0, 0.1) is 17.2 Å². The van der Waals surface area contributed by atoms with E-state index in [0.29, 0.717) is 13.2 Å². The average molecular weight is 183 g/mol. The number of rotatable bonds is 3. The van der Waals surface area contributed by atoms with E-state index >= 15 is 0 Å². The van der Waals surface area contributed by atoms with E-state index in [1.54, 1.807) is 7.05 Å². The number of carbonyl (C=O) groups excluding carboxylic acids is 1. The minimum Gasteiger partial charge on any atom is -0.379 e. The topological polar surface area (TPSA) is 74.2 Å². The van der Waals surface area contributed by atoms with E-state index in [1.165, 1.54) is 0 Å². The molecule has 1 heterocycles. The molecule has 1 fully saturated rings. The Kier molecular flexibility index (Phi) is 3.68. The van der Waals surface area contributed by atoms with Crippen LogP contribution in [-0.2, 0) is 9.53 Å². The highest BCUT2D eigenvalue weighted by molar-refractivity contribution is 5.80. The van der Waals surface area contributed by atoms with Gasteiger partial charge in [-0.3, -0.25) is 4.79 Å². The number of hydrogen-bond donors (Lipinski definition) is 2. The summed E-state index contributed by atoms with van der Waals surface area (Å²) in [4.78, 5) is 11.4. The predicted octanol–water partition coefficient (Wildman–Crippen LogP) is -1.14. The summed E-state index contributed by atoms with van der Waals surface area (Å²) >= 11 is 0. The molecule has 0 aromatic heterocycles. The number of amides is 1. The van der Waals surface area contributed by atoms with Gasteiger partial charge in [0, 0.05) is 6.04 Å². The number of likely N-dealkylation sites (N-methyl/N-ethyl adjacent to an activating group) is 1. The zero-order chi connectivity index (χ0) is 9.68. The van der Waals surface area contributed by atoms with Crippen molar-refractivity contribution in [2.45, 2.75) is 6.04 Å². The first-order valence-corrected chi connectivity index (χ1v) is 4.19. The van der Waals surface area contributed by atoms with E-state index in [-0.39, 0.29) is 24.4 Å². The lowest BCUT2D eigenvalue weighted by atomic mass is 10.0. The molecular formula is C8H13N3O2. The van der Waals surface area contributed by atoms with Crippen LogP contribution in [-0.4, -0.2) is 38.8 Å². The third-order valence-corrected chi connectivity index (χ3v) is 2.13. The normalized spacial score (nSPS) is 26.8. The molecule has 1 rings (SSSR count). The van der Waals surface area contributed by atoms with Gasteiger partial charge in [-0.15, -0.1) is 0 Å². The van der Waals surface area contributed by atoms with Gasteiger partial charge in [0.1, 0.15) is 6.54 Å². The highest BCUT2D eigenvalue weighted by atomic mass is 16.5. The van der Waals surface area contributed by atoms with E-state index in [2.05, 4.69) is 10.6 Å². The van der Waals surface area contributed by atoms with Crippen LogP contribution in [0.2, 0.25) is 0 Å². The van der Waals surface area contributed by atoms with Crippen molar-refractivity contribution in [1.82, 2.24) is 10.6 Å². The number of ether oxygens (including phenoxy) is 1. The molecule has 2 N–H and O–H groups in total. The highest BCUT2D eigenvalue weighted by Gasteiger charge is 2.32. The molecule has 0 spiro atoms. The second-order valence-electron chi connectivity index (χ2n) is 2.92. The summed E-state index contributed by atoms with van der Waals surface area (Å²) in [6.07, 6.45) is 0. The molecule has 1 amide bonds. The average Bonchev–Trinajstić information content (AvgIpc) is 2.61. The van der Waals surface area contributed by atoms with Crippen LogP contribution in [0.15, 0.2) is 0 Å². The number of hydrogen-bond acceptors (Lipinski definition) is 4. The van der Waals surface area contributed by atoms with Crippen molar-refractivity contribution < 1.29 is 9.53 Å². The third-order valence-electron chi connectivity index (χ3n) is 2.13. The summed E-state index contributed by atoms with van der Waals surface area (Å²) in [5.41, 5.74) is 0. The zero-order valence-electron chi connectivity index (χ0n) is 7.54. The minimum atomic E-state index is -0.168. The van der Waals surface area contributed by atoms with Gasteiger partial charge >= 0.3 is 0 Å². The van der Waals surface area contributed by atoms with Crippen LogP contribution in [0.25, 0.3) is 0 Å². The molecule has 2 unspecified atom stereocenters. The van der Waals surface area contributed by atoms with Gasteiger partial charge in [-0.05, 0) is 7.05 Å². The van der Waals surface area contributed by atoms with Crippen molar-refractivity contribution in [3.8, 4) is 6.07 Å². The summed E-state index contributed by atoms with van der Waals surface area (Å²) < 4.78 is 5.16. The van der Waals surface area contributed by atoms with Crippen LogP contribution in [0.1, 0.15) is 0 Å². The van der Waals surface area contributed by atoms with Crippen LogP contribution >= 0.6 is 0 Å². The SMILES string of the molecule is CNC1COCC1C(=O)NCC#N. The molecule has 2 atom stereocenters. The largest absolute Gasteiger partial charge is 0.379 e. The lowest BCUT2D eigenvalue weighted by molar-refractivity contribution is -0.125. The van der Waals surface area contributed by atoms with Crippen molar-refractivity contribution in [3.63, 3.8) is 0 Å². The summed E-state index contributed by atoms with van der Waals surface area (Å²) in [5.74, 6) is -0.281. The maximum Gasteiger partial charge on any atom is 0.227 e. The Balaban J connectivity index is 2.41. The first-order valence-electron chi connectivity index (χ1n) is 4.19. The number of carbonyl (C=O) groups is 1. The standard InChI is InChI=1S/C8H13N3O2/c1-10-7-5-13-4-6(7)8(12)11-3-2-9/h6-7,10H,3-5H2,1H3,(H,11,12). The molecule has 0 aromatic carbocycles. The number of nitrogens with zero attached hydrogens (tertiary/aromatic N) is 1. The van der Waals surface area contributed by atoms with Crippen molar-refractivity contribution in [1.29, 1.82) is 5.26 Å². The quantitative estimate of drug-likeness (QED) is 0.542. The molecule has 1 aliphatic heterocycles. The van der Waals surface area contributed by atoms with Crippen molar-refractivity contribution in [2.24, 2.45) is 5.92 Å². The fourth-order valence-corrected chi connectivity index (χ4v) is 1.35. The van der Waals surface area contributed by atoms with Crippen molar-refractivity contribution >= 4 is 5.91 Å². The smallest absolute Gasteiger partial charge is 0.227 e. The monoisotopic (exact) mass is 183 g/mol. The lowest BCUT2D eigenvalue weighted by Crippen LogP contribution is -2.42. The Labute approximate surface area is 77.1 Å². The van der Waals surface area contributed by atoms with Gasteiger partial charge in [-0.2, -0.15) is 5.26 Å². The van der Waals surface area contributed by atoms with E-state index in [0.717, 1.165) is 0 Å². The van der Waals surface area contributed by atoms with Gasteiger partial charge in [0.2, 0.25) is 5.91 Å². The maximum absolute atomic E-state index is 11.4. The molecule has 0 saturated carbocycles. The first kappa shape index (κ1) is 9.96. The van der Waals surface area contributed by atoms with Gasteiger partial charge in [-0.1, -0.05) is 0 Å². The third kappa shape index (κ3) is 2.41. The molecule has 13 heavy (non-hydrogen) atoms. The number of nitrogens with one attached hydrogen (secondary N) is 2. The van der Waals surface area contributed by atoms with Crippen LogP contribution in [0.5, 0.6) is 0 Å². The Morgan fingerprint density at radius 2 is 2.46 bits per heavy atom. The molecular weight excluding hydrogens is 170 g/mol. The van der Waals surface area contributed by atoms with Gasteiger partial charge in [-0.25, -0.2) is 0 Å². The van der Waals surface area contributed by atoms with Gasteiger partial charge in [0.15, 0.2) is 0 Å². The molecule has 0 aromatic rings. The molecule has 1 aliphatic rings. The second kappa shape index (κ2) is 4.80. The van der Waals surface area contributed by atoms with E-state index in [9.17, 15) is 4.79 Å². The summed E-state index contributed by atoms with van der Waals surface area (Å²) in [5, 5.41) is 13.8. The molecule has 5 nitrogen and oxygen atoms in total. The first-order chi connectivity index (χ1) is 6.29. The second-order valence-corrected chi connectivity index (χ2v) is 2.92. The summed E-state index contributed by atoms with van der Waals surface area (Å²) in [7, 11) is 1.80. The van der Waals surface area contributed by atoms with Crippen LogP contribution in [0.4, 0.5) is 0 Å². The Bertz CT molecular complexity index is 224. The van der Waals surface area contributed by atoms with E-state index in [1.807, 2.05) is 6.07 Å². The highest BCUT2D eigenvalue weighted by Crippen LogP contribution is 2.12. The predicted molar refractivity (Wildman–Crippen MR) is 45.8 cm³/mol. The maximum atomic E-state index is 11.4. The molecule has 5 heteroatoms. The van der Waals surface area contributed by atoms with Crippen molar-refractivity contribution in [2.75, 3.05) is 26.8 Å². The van der Waals surface area contributed by atoms with Gasteiger partial charge in [0.05, 0.1) is 25.2 Å². The molecule has 1 saturated heterocycles. The Hall–Kier alpha value is -1.12. The summed E-state index contributed by atoms with van der Waals surface area (Å²) in [6, 6.07) is 1.93.